The number of amides is 2. The molecule has 1 heterocycles. The first-order chi connectivity index (χ1) is 8.65. The Bertz CT molecular complexity index is 362. The van der Waals surface area contributed by atoms with Gasteiger partial charge >= 0.3 is 12.0 Å². The summed E-state index contributed by atoms with van der Waals surface area (Å²) in [7, 11) is 1.73. The number of imide groups is 1. The summed E-state index contributed by atoms with van der Waals surface area (Å²) in [5.41, 5.74) is -0.576. The quantitative estimate of drug-likeness (QED) is 0.781. The molecule has 5 nitrogen and oxygen atoms in total. The molecule has 0 saturated carbocycles. The molecule has 1 rings (SSSR count). The maximum absolute atomic E-state index is 12.6. The number of likely N-dealkylation sites (tertiary alicyclic amines) is 1. The molecular formula is C14H27N2O3+. The molecule has 1 fully saturated rings. The van der Waals surface area contributed by atoms with Crippen molar-refractivity contribution in [3.05, 3.63) is 0 Å². The number of ether oxygens (including phenoxy) is 1. The molecule has 0 bridgehead atoms. The van der Waals surface area contributed by atoms with Crippen molar-refractivity contribution in [3.8, 4) is 0 Å². The highest BCUT2D eigenvalue weighted by Crippen LogP contribution is 2.31. The van der Waals surface area contributed by atoms with E-state index < -0.39 is 11.7 Å². The van der Waals surface area contributed by atoms with Crippen LogP contribution < -0.4 is 5.32 Å². The molecule has 1 aliphatic rings. The molecular weight excluding hydrogens is 244 g/mol. The van der Waals surface area contributed by atoms with E-state index in [1.165, 1.54) is 0 Å². The Hall–Kier alpha value is -0.940. The highest BCUT2D eigenvalue weighted by Gasteiger charge is 2.55. The van der Waals surface area contributed by atoms with Crippen molar-refractivity contribution in [1.29, 1.82) is 0 Å². The van der Waals surface area contributed by atoms with Crippen LogP contribution in [0.2, 0.25) is 0 Å². The Balaban J connectivity index is 3.08. The molecule has 0 spiro atoms. The number of hydrogen-bond acceptors (Lipinski definition) is 4. The number of quaternary nitrogens is 1. The summed E-state index contributed by atoms with van der Waals surface area (Å²) in [6.45, 7) is 9.77. The van der Waals surface area contributed by atoms with Crippen molar-refractivity contribution in [2.45, 2.75) is 65.1 Å². The first-order valence-corrected chi connectivity index (χ1v) is 6.98. The second-order valence-electron chi connectivity index (χ2n) is 6.41. The fourth-order valence-electron chi connectivity index (χ4n) is 2.58. The molecule has 0 aromatic carbocycles. The second-order valence-corrected chi connectivity index (χ2v) is 6.41. The average molecular weight is 271 g/mol. The fourth-order valence-corrected chi connectivity index (χ4v) is 2.58. The summed E-state index contributed by atoms with van der Waals surface area (Å²) < 4.78 is 5.31. The lowest BCUT2D eigenvalue weighted by molar-refractivity contribution is -0.794. The number of rotatable bonds is 2. The van der Waals surface area contributed by atoms with Gasteiger partial charge in [-0.1, -0.05) is 0 Å². The van der Waals surface area contributed by atoms with Gasteiger partial charge in [0.1, 0.15) is 17.7 Å². The van der Waals surface area contributed by atoms with Crippen LogP contribution in [0, 0.1) is 0 Å². The van der Waals surface area contributed by atoms with E-state index in [4.69, 9.17) is 4.74 Å². The number of carbonyl (C=O) groups is 2. The fraction of sp³-hybridized carbons (Fsp3) is 0.857. The molecule has 19 heavy (non-hydrogen) atoms. The number of likely N-dealkylation sites (N-methyl/N-ethyl adjacent to an activating group) is 1. The van der Waals surface area contributed by atoms with Crippen LogP contribution in [0.25, 0.3) is 0 Å². The number of hydrogen-bond donors (Lipinski definition) is 1. The first kappa shape index (κ1) is 16.1. The summed E-state index contributed by atoms with van der Waals surface area (Å²) in [6, 6.07) is -0.369. The zero-order chi connectivity index (χ0) is 14.8. The second kappa shape index (κ2) is 5.59. The van der Waals surface area contributed by atoms with Gasteiger partial charge in [-0.15, -0.1) is 0 Å². The summed E-state index contributed by atoms with van der Waals surface area (Å²) in [5.74, 6) is -0.0956. The molecule has 1 aliphatic heterocycles. The summed E-state index contributed by atoms with van der Waals surface area (Å²) in [4.78, 5) is 25.2. The minimum absolute atomic E-state index is 0.0156. The minimum atomic E-state index is -0.576. The van der Waals surface area contributed by atoms with Gasteiger partial charge in [-0.2, -0.15) is 9.28 Å². The van der Waals surface area contributed by atoms with Crippen LogP contribution in [0.3, 0.4) is 0 Å². The zero-order valence-electron chi connectivity index (χ0n) is 12.9. The van der Waals surface area contributed by atoms with E-state index in [0.717, 1.165) is 12.8 Å². The van der Waals surface area contributed by atoms with Crippen LogP contribution in [0.5, 0.6) is 0 Å². The summed E-state index contributed by atoms with van der Waals surface area (Å²) in [5, 5.41) is 2.93. The summed E-state index contributed by atoms with van der Waals surface area (Å²) in [6.07, 6.45) is 1.34. The van der Waals surface area contributed by atoms with Crippen molar-refractivity contribution in [2.24, 2.45) is 0 Å². The van der Waals surface area contributed by atoms with Gasteiger partial charge in [-0.05, 0) is 41.7 Å². The predicted molar refractivity (Wildman–Crippen MR) is 73.6 cm³/mol. The SMILES string of the molecule is CN[C@@H](C)C(=O)[N+]1(C(=O)OC(C)(C)C)CCC[C@H]1C. The normalized spacial score (nSPS) is 29.1. The zero-order valence-corrected chi connectivity index (χ0v) is 12.9. The van der Waals surface area contributed by atoms with Crippen molar-refractivity contribution >= 4 is 12.0 Å². The van der Waals surface area contributed by atoms with Crippen LogP contribution in [-0.4, -0.2) is 47.8 Å². The molecule has 0 aromatic heterocycles. The lowest BCUT2D eigenvalue weighted by Gasteiger charge is -2.35. The van der Waals surface area contributed by atoms with E-state index in [1.807, 2.05) is 27.7 Å². The Morgan fingerprint density at radius 1 is 1.37 bits per heavy atom. The monoisotopic (exact) mass is 271 g/mol. The van der Waals surface area contributed by atoms with Gasteiger partial charge in [0.05, 0.1) is 6.54 Å². The van der Waals surface area contributed by atoms with Crippen LogP contribution in [0.4, 0.5) is 4.79 Å². The number of nitrogens with zero attached hydrogens (tertiary/aromatic N) is 1. The maximum Gasteiger partial charge on any atom is 0.524 e. The molecule has 3 atom stereocenters. The van der Waals surface area contributed by atoms with E-state index in [9.17, 15) is 9.59 Å². The third kappa shape index (κ3) is 3.15. The van der Waals surface area contributed by atoms with Gasteiger partial charge in [0.15, 0.2) is 0 Å². The van der Waals surface area contributed by atoms with Crippen molar-refractivity contribution in [2.75, 3.05) is 13.6 Å². The lowest BCUT2D eigenvalue weighted by Crippen LogP contribution is -2.64. The van der Waals surface area contributed by atoms with Crippen molar-refractivity contribution in [1.82, 2.24) is 5.32 Å². The molecule has 1 N–H and O–H groups in total. The molecule has 0 aliphatic carbocycles. The van der Waals surface area contributed by atoms with E-state index in [0.29, 0.717) is 6.54 Å². The van der Waals surface area contributed by atoms with Gasteiger partial charge < -0.3 is 10.1 Å². The standard InChI is InChI=1S/C14H27N2O3/c1-10-8-7-9-16(10,12(17)11(2)15-6)13(18)19-14(3,4)5/h10-11,15H,7-9H2,1-6H3/q+1/t10-,11+,16?/m1/s1. The maximum atomic E-state index is 12.6. The smallest absolute Gasteiger partial charge is 0.414 e. The van der Waals surface area contributed by atoms with E-state index in [1.54, 1.807) is 14.0 Å². The van der Waals surface area contributed by atoms with Gasteiger partial charge in [0.25, 0.3) is 0 Å². The molecule has 5 heteroatoms. The van der Waals surface area contributed by atoms with Crippen LogP contribution in [0.1, 0.15) is 47.5 Å². The van der Waals surface area contributed by atoms with Gasteiger partial charge in [-0.3, -0.25) is 0 Å². The largest absolute Gasteiger partial charge is 0.524 e. The number of nitrogens with one attached hydrogen (secondary N) is 1. The lowest BCUT2D eigenvalue weighted by atomic mass is 10.1. The highest BCUT2D eigenvalue weighted by atomic mass is 16.6. The Morgan fingerprint density at radius 2 is 1.95 bits per heavy atom. The Kier molecular flexibility index (Phi) is 4.74. The molecule has 1 unspecified atom stereocenters. The van der Waals surface area contributed by atoms with E-state index in [-0.39, 0.29) is 22.5 Å². The third-order valence-corrected chi connectivity index (χ3v) is 3.80. The average Bonchev–Trinajstić information content (AvgIpc) is 2.67. The Labute approximate surface area is 115 Å². The molecule has 0 aromatic rings. The van der Waals surface area contributed by atoms with Crippen LogP contribution in [-0.2, 0) is 9.53 Å². The van der Waals surface area contributed by atoms with Crippen LogP contribution in [0.15, 0.2) is 0 Å². The highest BCUT2D eigenvalue weighted by molar-refractivity contribution is 5.85. The molecule has 2 amide bonds. The van der Waals surface area contributed by atoms with Crippen molar-refractivity contribution < 1.29 is 18.8 Å². The van der Waals surface area contributed by atoms with Crippen molar-refractivity contribution in [3.63, 3.8) is 0 Å². The van der Waals surface area contributed by atoms with E-state index >= 15 is 0 Å². The van der Waals surface area contributed by atoms with Gasteiger partial charge in [0, 0.05) is 12.8 Å². The van der Waals surface area contributed by atoms with Crippen LogP contribution >= 0.6 is 0 Å². The van der Waals surface area contributed by atoms with E-state index in [2.05, 4.69) is 5.32 Å². The molecule has 0 radical (unpaired) electrons. The Morgan fingerprint density at radius 3 is 2.32 bits per heavy atom. The molecule has 110 valence electrons. The van der Waals surface area contributed by atoms with Gasteiger partial charge in [-0.25, -0.2) is 4.79 Å². The summed E-state index contributed by atoms with van der Waals surface area (Å²) >= 11 is 0. The number of carbonyl (C=O) groups excluding carboxylic acids is 2. The minimum Gasteiger partial charge on any atom is -0.414 e. The first-order valence-electron chi connectivity index (χ1n) is 6.98. The molecule has 1 saturated heterocycles. The third-order valence-electron chi connectivity index (χ3n) is 3.80. The van der Waals surface area contributed by atoms with Gasteiger partial charge in [0.2, 0.25) is 0 Å². The topological polar surface area (TPSA) is 55.4 Å². The predicted octanol–water partition coefficient (Wildman–Crippen LogP) is 2.06.